The standard InChI is InChI=1S/C66H84F2N14O14S2/c1-5-36-98(89,90)77-50-10-6-9-47(61(50)68)63-64(51-14-20-71-66(69)74-51)97-65(75-63)44-17-24-81(25-18-44)57(86)19-26-92-28-30-94-32-34-96-35-33-95-31-29-93-27-21-70-54(83)12-13-56(85)80-22-15-43(16-23-80)62-60-46(48-38-53-45(37-49(48)67)39-73-79(53)3)8-7-11-52(60)82(76-62)42-58(87)78(2)41-55(84)72-40-59(88)91-4/h6-11,14,20,37-39,43-44,77H,5,12-13,15-19,21-36,40-42H2,1-4H3,(H,70,83)(H,72,84)(H2,69,71,74). The number of aromatic nitrogens is 7. The van der Waals surface area contributed by atoms with Gasteiger partial charge in [0, 0.05) is 99.6 Å². The Morgan fingerprint density at radius 3 is 2.03 bits per heavy atom. The van der Waals surface area contributed by atoms with E-state index in [1.165, 1.54) is 48.7 Å². The van der Waals surface area contributed by atoms with Crippen molar-refractivity contribution in [1.29, 1.82) is 0 Å². The summed E-state index contributed by atoms with van der Waals surface area (Å²) in [5.41, 5.74) is 9.49. The number of likely N-dealkylation sites (N-methyl/N-ethyl adjacent to an activating group) is 1. The Bertz CT molecular complexity index is 4020. The number of carbonyl (C=O) groups is 6. The summed E-state index contributed by atoms with van der Waals surface area (Å²) in [6, 6.07) is 14.7. The highest BCUT2D eigenvalue weighted by molar-refractivity contribution is 7.92. The van der Waals surface area contributed by atoms with Gasteiger partial charge in [-0.15, -0.1) is 11.3 Å². The monoisotopic (exact) mass is 1400 g/mol. The van der Waals surface area contributed by atoms with Crippen LogP contribution in [0.5, 0.6) is 0 Å². The number of nitrogens with two attached hydrogens (primary N) is 1. The van der Waals surface area contributed by atoms with Crippen molar-refractivity contribution in [3.05, 3.63) is 89.3 Å². The number of nitrogens with zero attached hydrogens (tertiary/aromatic N) is 10. The van der Waals surface area contributed by atoms with Crippen LogP contribution in [0.3, 0.4) is 0 Å². The molecule has 0 aliphatic carbocycles. The number of anilines is 2. The number of ether oxygens (including phenoxy) is 6. The summed E-state index contributed by atoms with van der Waals surface area (Å²) in [6.07, 6.45) is 6.01. The Labute approximate surface area is 570 Å². The largest absolute Gasteiger partial charge is 0.468 e. The quantitative estimate of drug-likeness (QED) is 0.0282. The maximum atomic E-state index is 16.1. The zero-order chi connectivity index (χ0) is 69.7. The normalized spacial score (nSPS) is 13.9. The second-order valence-electron chi connectivity index (χ2n) is 23.6. The first kappa shape index (κ1) is 73.6. The lowest BCUT2D eigenvalue weighted by Crippen LogP contribution is -2.41. The third-order valence-corrected chi connectivity index (χ3v) is 19.5. The number of carbonyl (C=O) groups excluding carboxylic acids is 6. The van der Waals surface area contributed by atoms with E-state index in [2.05, 4.69) is 35.2 Å². The lowest BCUT2D eigenvalue weighted by Gasteiger charge is -2.31. The fraction of sp³-hybridized carbons (Fsp3) is 0.500. The Morgan fingerprint density at radius 1 is 0.735 bits per heavy atom. The molecule has 5 amide bonds. The number of esters is 1. The highest BCUT2D eigenvalue weighted by Crippen LogP contribution is 2.44. The number of amides is 5. The third-order valence-electron chi connectivity index (χ3n) is 16.7. The summed E-state index contributed by atoms with van der Waals surface area (Å²) >= 11 is 1.36. The number of likely N-dealkylation sites (tertiary alicyclic amines) is 2. The van der Waals surface area contributed by atoms with Crippen molar-refractivity contribution in [3.63, 3.8) is 0 Å². The van der Waals surface area contributed by atoms with Crippen LogP contribution in [0.1, 0.15) is 80.8 Å². The molecule has 0 bridgehead atoms. The van der Waals surface area contributed by atoms with Crippen LogP contribution in [0.25, 0.3) is 54.8 Å². The van der Waals surface area contributed by atoms with E-state index in [9.17, 15) is 37.2 Å². The number of benzene rings is 3. The first-order valence-electron chi connectivity index (χ1n) is 32.6. The van der Waals surface area contributed by atoms with Crippen molar-refractivity contribution in [2.24, 2.45) is 7.05 Å². The average molecular weight is 1400 g/mol. The Hall–Kier alpha value is -8.66. The van der Waals surface area contributed by atoms with E-state index in [1.54, 1.807) is 64.8 Å². The van der Waals surface area contributed by atoms with Crippen LogP contribution in [0, 0.1) is 11.6 Å². The lowest BCUT2D eigenvalue weighted by atomic mass is 9.88. The van der Waals surface area contributed by atoms with Crippen LogP contribution in [-0.4, -0.2) is 225 Å². The van der Waals surface area contributed by atoms with Gasteiger partial charge in [-0.05, 0) is 74.1 Å². The zero-order valence-corrected chi connectivity index (χ0v) is 57.1. The van der Waals surface area contributed by atoms with Gasteiger partial charge >= 0.3 is 5.97 Å². The lowest BCUT2D eigenvalue weighted by molar-refractivity contribution is -0.141. The molecule has 6 heterocycles. The van der Waals surface area contributed by atoms with Crippen LogP contribution in [0.4, 0.5) is 20.4 Å². The van der Waals surface area contributed by atoms with Gasteiger partial charge in [0.15, 0.2) is 5.82 Å². The third kappa shape index (κ3) is 20.0. The molecular weight excluding hydrogens is 1310 g/mol. The van der Waals surface area contributed by atoms with Crippen LogP contribution in [-0.2, 0) is 80.8 Å². The number of sulfonamides is 1. The van der Waals surface area contributed by atoms with Crippen molar-refractivity contribution in [1.82, 2.24) is 59.8 Å². The maximum absolute atomic E-state index is 16.1. The zero-order valence-electron chi connectivity index (χ0n) is 55.4. The van der Waals surface area contributed by atoms with Gasteiger partial charge in [-0.2, -0.15) is 10.2 Å². The van der Waals surface area contributed by atoms with E-state index >= 15 is 8.78 Å². The Kier molecular flexibility index (Phi) is 26.8. The van der Waals surface area contributed by atoms with Gasteiger partial charge in [0.2, 0.25) is 45.5 Å². The van der Waals surface area contributed by atoms with Crippen LogP contribution >= 0.6 is 11.3 Å². The second-order valence-corrected chi connectivity index (χ2v) is 26.5. The van der Waals surface area contributed by atoms with Gasteiger partial charge in [0.1, 0.15) is 18.9 Å². The van der Waals surface area contributed by atoms with Crippen molar-refractivity contribution in [2.45, 2.75) is 76.7 Å². The van der Waals surface area contributed by atoms with E-state index in [4.69, 9.17) is 39.5 Å². The molecule has 0 spiro atoms. The number of nitrogen functional groups attached to an aromatic ring is 1. The minimum atomic E-state index is -3.76. The molecule has 0 radical (unpaired) electrons. The maximum Gasteiger partial charge on any atom is 0.325 e. The topological polar surface area (TPSA) is 338 Å². The van der Waals surface area contributed by atoms with Crippen molar-refractivity contribution in [2.75, 3.05) is 142 Å². The predicted molar refractivity (Wildman–Crippen MR) is 361 cm³/mol. The van der Waals surface area contributed by atoms with E-state index < -0.39 is 39.4 Å². The summed E-state index contributed by atoms with van der Waals surface area (Å²) in [6.45, 7) is 6.03. The SMILES string of the molecule is CCCS(=O)(=O)Nc1cccc(-c2nc(C3CCN(C(=O)CCOCCOCCOCCOCCOCCNC(=O)CCC(=O)N4CCC(c5nn(CC(=O)N(C)CC(=O)NCC(=O)OC)c6cccc(-c7cc8c(cnn8C)cc7F)c56)CC4)CC3)sc2-c2ccnc(N)n2)c1F. The summed E-state index contributed by atoms with van der Waals surface area (Å²) in [4.78, 5) is 95.5. The molecule has 2 fully saturated rings. The minimum absolute atomic E-state index is 0.000796. The molecule has 5 N–H and O–H groups in total. The van der Waals surface area contributed by atoms with Crippen LogP contribution < -0.4 is 21.1 Å². The molecule has 0 atom stereocenters. The molecule has 3 aromatic carbocycles. The van der Waals surface area contributed by atoms with Crippen LogP contribution in [0.15, 0.2) is 67.0 Å². The summed E-state index contributed by atoms with van der Waals surface area (Å²) < 4.78 is 95.3. The van der Waals surface area contributed by atoms with Gasteiger partial charge in [0.05, 0.1) is 142 Å². The molecule has 32 heteroatoms. The molecule has 528 valence electrons. The second kappa shape index (κ2) is 35.7. The first-order chi connectivity index (χ1) is 47.3. The number of halogens is 2. The molecule has 7 aromatic rings. The van der Waals surface area contributed by atoms with E-state index in [0.717, 1.165) is 10.5 Å². The molecule has 2 saturated heterocycles. The van der Waals surface area contributed by atoms with Gasteiger partial charge in [-0.1, -0.05) is 25.1 Å². The number of fused-ring (bicyclic) bond motifs is 2. The highest BCUT2D eigenvalue weighted by atomic mass is 32.2. The number of methoxy groups -OCH3 is 1. The summed E-state index contributed by atoms with van der Waals surface area (Å²) in [7, 11) is 0.684. The van der Waals surface area contributed by atoms with E-state index in [-0.39, 0.29) is 111 Å². The molecular formula is C66H84F2N14O14S2. The van der Waals surface area contributed by atoms with Gasteiger partial charge < -0.3 is 59.5 Å². The molecule has 4 aromatic heterocycles. The average Bonchev–Trinajstić information content (AvgIpc) is 1.58. The van der Waals surface area contributed by atoms with Crippen molar-refractivity contribution >= 4 is 90.3 Å². The number of hydrogen-bond acceptors (Lipinski definition) is 21. The molecule has 0 saturated carbocycles. The number of thiazole rings is 1. The molecule has 2 aliphatic heterocycles. The molecule has 2 aliphatic rings. The molecule has 28 nitrogen and oxygen atoms in total. The first-order valence-corrected chi connectivity index (χ1v) is 35.1. The number of aryl methyl sites for hydroxylation is 1. The number of nitrogens with one attached hydrogen (secondary N) is 3. The number of piperidine rings is 2. The number of hydrogen-bond donors (Lipinski definition) is 4. The predicted octanol–water partition coefficient (Wildman–Crippen LogP) is 5.41. The van der Waals surface area contributed by atoms with Crippen LogP contribution in [0.2, 0.25) is 0 Å². The summed E-state index contributed by atoms with van der Waals surface area (Å²) in [5.74, 6) is -3.60. The van der Waals surface area contributed by atoms with Crippen molar-refractivity contribution in [3.8, 4) is 33.0 Å². The fourth-order valence-corrected chi connectivity index (χ4v) is 13.9. The Morgan fingerprint density at radius 2 is 1.37 bits per heavy atom. The minimum Gasteiger partial charge on any atom is -0.468 e. The Balaban J connectivity index is 0.602. The number of rotatable bonds is 36. The smallest absolute Gasteiger partial charge is 0.325 e. The molecule has 98 heavy (non-hydrogen) atoms. The van der Waals surface area contributed by atoms with Gasteiger partial charge in [0.25, 0.3) is 0 Å². The molecule has 0 unspecified atom stereocenters. The van der Waals surface area contributed by atoms with Crippen molar-refractivity contribution < 1.29 is 74.4 Å². The highest BCUT2D eigenvalue weighted by Gasteiger charge is 2.32. The van der Waals surface area contributed by atoms with Gasteiger partial charge in [-0.3, -0.25) is 42.9 Å². The van der Waals surface area contributed by atoms with E-state index in [1.807, 2.05) is 17.0 Å². The summed E-state index contributed by atoms with van der Waals surface area (Å²) in [5, 5.41) is 16.5. The fourth-order valence-electron chi connectivity index (χ4n) is 11.6. The van der Waals surface area contributed by atoms with E-state index in [0.29, 0.717) is 161 Å². The van der Waals surface area contributed by atoms with Gasteiger partial charge in [-0.25, -0.2) is 32.2 Å². The molecule has 9 rings (SSSR count).